The molecule has 1 aromatic carbocycles. The largest absolute Gasteiger partial charge is 0.460 e. The first-order valence-electron chi connectivity index (χ1n) is 8.14. The number of carbonyl (C=O) groups is 1. The number of nitrogens with zero attached hydrogens (tertiary/aromatic N) is 3. The van der Waals surface area contributed by atoms with Crippen molar-refractivity contribution in [2.45, 2.75) is 18.1 Å². The third-order valence-electron chi connectivity index (χ3n) is 4.00. The van der Waals surface area contributed by atoms with Gasteiger partial charge in [0.2, 0.25) is 5.91 Å². The van der Waals surface area contributed by atoms with Crippen LogP contribution in [0.5, 0.6) is 0 Å². The van der Waals surface area contributed by atoms with Crippen molar-refractivity contribution in [3.05, 3.63) is 54.0 Å². The lowest BCUT2D eigenvalue weighted by Crippen LogP contribution is -2.15. The number of aryl methyl sites for hydroxylation is 1. The van der Waals surface area contributed by atoms with E-state index in [-0.39, 0.29) is 11.4 Å². The first-order chi connectivity index (χ1) is 13.3. The maximum absolute atomic E-state index is 12.8. The van der Waals surface area contributed by atoms with E-state index in [0.29, 0.717) is 10.6 Å². The zero-order valence-electron chi connectivity index (χ0n) is 14.4. The van der Waals surface area contributed by atoms with E-state index >= 15 is 0 Å². The Morgan fingerprint density at radius 3 is 2.86 bits per heavy atom. The van der Waals surface area contributed by atoms with Crippen molar-refractivity contribution in [3.63, 3.8) is 0 Å². The fraction of sp³-hybridized carbons (Fsp3) is 0.167. The molecule has 1 amide bonds. The van der Waals surface area contributed by atoms with Crippen LogP contribution in [0, 0.1) is 6.92 Å². The fourth-order valence-corrected chi connectivity index (χ4v) is 3.56. The van der Waals surface area contributed by atoms with Crippen molar-refractivity contribution < 1.29 is 22.4 Å². The van der Waals surface area contributed by atoms with E-state index in [2.05, 4.69) is 15.5 Å². The molecule has 0 atom stereocenters. The quantitative estimate of drug-likeness (QED) is 0.504. The van der Waals surface area contributed by atoms with Gasteiger partial charge in [0.05, 0.1) is 22.3 Å². The molecule has 3 heterocycles. The van der Waals surface area contributed by atoms with Gasteiger partial charge in [0.15, 0.2) is 5.58 Å². The molecule has 0 radical (unpaired) electrons. The molecule has 0 aliphatic rings. The molecule has 0 unspecified atom stereocenters. The van der Waals surface area contributed by atoms with Crippen molar-refractivity contribution in [2.24, 2.45) is 0 Å². The zero-order chi connectivity index (χ0) is 19.9. The van der Waals surface area contributed by atoms with Gasteiger partial charge < -0.3 is 9.73 Å². The predicted octanol–water partition coefficient (Wildman–Crippen LogP) is 4.53. The zero-order valence-corrected chi connectivity index (χ0v) is 15.3. The number of fused-ring (bicyclic) bond motifs is 3. The summed E-state index contributed by atoms with van der Waals surface area (Å²) in [5, 5.41) is 11.0. The van der Waals surface area contributed by atoms with Gasteiger partial charge >= 0.3 is 6.18 Å². The smallest absolute Gasteiger partial charge is 0.416 e. The first kappa shape index (κ1) is 18.4. The summed E-state index contributed by atoms with van der Waals surface area (Å²) in [7, 11) is 0. The van der Waals surface area contributed by atoms with E-state index in [1.807, 2.05) is 23.5 Å². The number of hydrogen-bond donors (Lipinski definition) is 1. The third-order valence-corrected chi connectivity index (χ3v) is 4.97. The topological polar surface area (TPSA) is 72.4 Å². The van der Waals surface area contributed by atoms with Gasteiger partial charge in [-0.1, -0.05) is 17.8 Å². The second-order valence-electron chi connectivity index (χ2n) is 6.06. The Kier molecular flexibility index (Phi) is 4.50. The van der Waals surface area contributed by atoms with Crippen molar-refractivity contribution in [1.29, 1.82) is 0 Å². The van der Waals surface area contributed by atoms with Gasteiger partial charge in [-0.3, -0.25) is 9.20 Å². The normalized spacial score (nSPS) is 12.0. The van der Waals surface area contributed by atoms with Crippen LogP contribution in [0.2, 0.25) is 0 Å². The van der Waals surface area contributed by atoms with E-state index < -0.39 is 17.6 Å². The van der Waals surface area contributed by atoms with Gasteiger partial charge in [0.25, 0.3) is 0 Å². The fourth-order valence-electron chi connectivity index (χ4n) is 2.81. The van der Waals surface area contributed by atoms with Crippen molar-refractivity contribution in [2.75, 3.05) is 11.1 Å². The monoisotopic (exact) mass is 406 g/mol. The summed E-state index contributed by atoms with van der Waals surface area (Å²) in [6.07, 6.45) is -2.91. The van der Waals surface area contributed by atoms with Crippen LogP contribution in [0.25, 0.3) is 16.6 Å². The molecule has 144 valence electrons. The molecule has 0 saturated heterocycles. The van der Waals surface area contributed by atoms with Gasteiger partial charge in [-0.25, -0.2) is 0 Å². The van der Waals surface area contributed by atoms with Gasteiger partial charge in [0.1, 0.15) is 17.1 Å². The highest BCUT2D eigenvalue weighted by Crippen LogP contribution is 2.31. The molecular formula is C18H13F3N4O2S. The molecule has 0 bridgehead atoms. The summed E-state index contributed by atoms with van der Waals surface area (Å²) in [6.45, 7) is 1.84. The number of benzene rings is 1. The van der Waals surface area contributed by atoms with Crippen LogP contribution >= 0.6 is 11.8 Å². The van der Waals surface area contributed by atoms with Crippen LogP contribution < -0.4 is 5.32 Å². The highest BCUT2D eigenvalue weighted by molar-refractivity contribution is 8.00. The Morgan fingerprint density at radius 2 is 2.07 bits per heavy atom. The highest BCUT2D eigenvalue weighted by atomic mass is 32.2. The second-order valence-corrected chi connectivity index (χ2v) is 7.02. The molecule has 10 heteroatoms. The van der Waals surface area contributed by atoms with Crippen molar-refractivity contribution in [1.82, 2.24) is 14.6 Å². The van der Waals surface area contributed by atoms with Crippen LogP contribution in [0.1, 0.15) is 11.3 Å². The number of aromatic nitrogens is 3. The number of thioether (sulfide) groups is 1. The van der Waals surface area contributed by atoms with Crippen LogP contribution in [0.15, 0.2) is 52.2 Å². The summed E-state index contributed by atoms with van der Waals surface area (Å²) in [5.74, 6) is 0.293. The van der Waals surface area contributed by atoms with Crippen LogP contribution in [-0.4, -0.2) is 26.3 Å². The molecular weight excluding hydrogens is 393 g/mol. The summed E-state index contributed by atoms with van der Waals surface area (Å²) < 4.78 is 45.7. The molecule has 6 nitrogen and oxygen atoms in total. The Labute approximate surface area is 160 Å². The first-order valence-corrected chi connectivity index (χ1v) is 9.12. The minimum atomic E-state index is -4.47. The number of nitrogens with one attached hydrogen (secondary N) is 1. The number of alkyl halides is 3. The molecule has 0 spiro atoms. The lowest BCUT2D eigenvalue weighted by molar-refractivity contribution is -0.137. The molecule has 4 rings (SSSR count). The summed E-state index contributed by atoms with van der Waals surface area (Å²) in [4.78, 5) is 12.2. The lowest BCUT2D eigenvalue weighted by Gasteiger charge is -2.09. The molecule has 0 fully saturated rings. The van der Waals surface area contributed by atoms with Gasteiger partial charge in [0, 0.05) is 17.8 Å². The van der Waals surface area contributed by atoms with Gasteiger partial charge in [-0.05, 0) is 25.1 Å². The van der Waals surface area contributed by atoms with Gasteiger partial charge in [-0.15, -0.1) is 10.2 Å². The highest BCUT2D eigenvalue weighted by Gasteiger charge is 2.30. The van der Waals surface area contributed by atoms with Crippen LogP contribution in [0.3, 0.4) is 0 Å². The molecule has 1 N–H and O–H groups in total. The Morgan fingerprint density at radius 1 is 1.25 bits per heavy atom. The summed E-state index contributed by atoms with van der Waals surface area (Å²) >= 11 is 1.14. The minimum absolute atomic E-state index is 0.0316. The average Bonchev–Trinajstić information content (AvgIpc) is 3.16. The molecule has 0 aliphatic carbocycles. The number of hydrogen-bond acceptors (Lipinski definition) is 5. The standard InChI is InChI=1S/C18H13F3N4O2S/c1-10-5-13-15(27-10)7-14-17(24-22-9-25(13)14)28-8-16(26)23-12-4-2-3-11(6-12)18(19,20)21/h2-7,9H,8H2,1H3,(H,23,26). The van der Waals surface area contributed by atoms with Crippen molar-refractivity contribution in [3.8, 4) is 0 Å². The van der Waals surface area contributed by atoms with Crippen LogP contribution in [0.4, 0.5) is 18.9 Å². The minimum Gasteiger partial charge on any atom is -0.460 e. The molecule has 0 aliphatic heterocycles. The molecule has 3 aromatic heterocycles. The van der Waals surface area contributed by atoms with Gasteiger partial charge in [-0.2, -0.15) is 13.2 Å². The van der Waals surface area contributed by atoms with Crippen molar-refractivity contribution >= 4 is 40.0 Å². The van der Waals surface area contributed by atoms with E-state index in [1.165, 1.54) is 12.1 Å². The van der Waals surface area contributed by atoms with E-state index in [1.54, 1.807) is 6.33 Å². The Balaban J connectivity index is 1.49. The number of anilines is 1. The average molecular weight is 406 g/mol. The number of furan rings is 1. The molecule has 4 aromatic rings. The van der Waals surface area contributed by atoms with Crippen LogP contribution in [-0.2, 0) is 11.0 Å². The predicted molar refractivity (Wildman–Crippen MR) is 98.3 cm³/mol. The lowest BCUT2D eigenvalue weighted by atomic mass is 10.2. The summed E-state index contributed by atoms with van der Waals surface area (Å²) in [6, 6.07) is 8.18. The molecule has 0 saturated carbocycles. The summed E-state index contributed by atoms with van der Waals surface area (Å²) in [5.41, 5.74) is 1.53. The third kappa shape index (κ3) is 3.55. The number of rotatable bonds is 4. The second kappa shape index (κ2) is 6.86. The maximum atomic E-state index is 12.8. The SMILES string of the molecule is Cc1cc2c(cc3c(SCC(=O)Nc4cccc(C(F)(F)F)c4)nncn32)o1. The van der Waals surface area contributed by atoms with E-state index in [0.717, 1.165) is 40.7 Å². The molecule has 28 heavy (non-hydrogen) atoms. The number of carbonyl (C=O) groups excluding carboxylic acids is 1. The number of halogens is 3. The van der Waals surface area contributed by atoms with E-state index in [4.69, 9.17) is 4.42 Å². The van der Waals surface area contributed by atoms with E-state index in [9.17, 15) is 18.0 Å². The maximum Gasteiger partial charge on any atom is 0.416 e. The number of amides is 1. The Hall–Kier alpha value is -3.01. The Bertz CT molecular complexity index is 1180.